The van der Waals surface area contributed by atoms with Crippen LogP contribution in [0.2, 0.25) is 0 Å². The van der Waals surface area contributed by atoms with E-state index in [1.807, 2.05) is 30.3 Å². The molecule has 1 aromatic rings. The third-order valence-corrected chi connectivity index (χ3v) is 2.20. The van der Waals surface area contributed by atoms with Gasteiger partial charge in [-0.1, -0.05) is 18.2 Å². The molecule has 1 fully saturated rings. The van der Waals surface area contributed by atoms with Gasteiger partial charge in [-0.25, -0.2) is 0 Å². The highest BCUT2D eigenvalue weighted by molar-refractivity contribution is 5.31. The SMILES string of the molecule is C=CC1OC1c1ccc(OC)cc1. The van der Waals surface area contributed by atoms with Crippen LogP contribution in [0.25, 0.3) is 0 Å². The third kappa shape index (κ3) is 1.58. The highest BCUT2D eigenvalue weighted by Gasteiger charge is 2.37. The maximum absolute atomic E-state index is 5.37. The van der Waals surface area contributed by atoms with Gasteiger partial charge in [0.1, 0.15) is 18.0 Å². The van der Waals surface area contributed by atoms with Crippen LogP contribution >= 0.6 is 0 Å². The minimum absolute atomic E-state index is 0.202. The molecule has 0 radical (unpaired) electrons. The van der Waals surface area contributed by atoms with Crippen molar-refractivity contribution in [3.63, 3.8) is 0 Å². The van der Waals surface area contributed by atoms with E-state index in [0.717, 1.165) is 5.75 Å². The Morgan fingerprint density at radius 2 is 2.08 bits per heavy atom. The van der Waals surface area contributed by atoms with Crippen molar-refractivity contribution in [2.45, 2.75) is 12.2 Å². The van der Waals surface area contributed by atoms with Gasteiger partial charge in [0.15, 0.2) is 0 Å². The van der Waals surface area contributed by atoms with Crippen molar-refractivity contribution in [3.05, 3.63) is 42.5 Å². The second kappa shape index (κ2) is 3.23. The van der Waals surface area contributed by atoms with Gasteiger partial charge in [0.25, 0.3) is 0 Å². The van der Waals surface area contributed by atoms with E-state index in [2.05, 4.69) is 6.58 Å². The average Bonchev–Trinajstić information content (AvgIpc) is 2.97. The van der Waals surface area contributed by atoms with Gasteiger partial charge < -0.3 is 9.47 Å². The molecule has 68 valence electrons. The summed E-state index contributed by atoms with van der Waals surface area (Å²) < 4.78 is 10.4. The molecule has 0 saturated carbocycles. The molecule has 1 heterocycles. The zero-order chi connectivity index (χ0) is 9.26. The lowest BCUT2D eigenvalue weighted by Gasteiger charge is -1.99. The number of methoxy groups -OCH3 is 1. The molecular weight excluding hydrogens is 164 g/mol. The molecule has 1 saturated heterocycles. The van der Waals surface area contributed by atoms with E-state index >= 15 is 0 Å². The van der Waals surface area contributed by atoms with E-state index in [1.165, 1.54) is 5.56 Å². The van der Waals surface area contributed by atoms with Gasteiger partial charge >= 0.3 is 0 Å². The van der Waals surface area contributed by atoms with E-state index < -0.39 is 0 Å². The highest BCUT2D eigenvalue weighted by Crippen LogP contribution is 2.39. The third-order valence-electron chi connectivity index (χ3n) is 2.20. The molecule has 2 unspecified atom stereocenters. The van der Waals surface area contributed by atoms with Crippen LogP contribution in [-0.2, 0) is 4.74 Å². The van der Waals surface area contributed by atoms with Crippen molar-refractivity contribution < 1.29 is 9.47 Å². The number of hydrogen-bond donors (Lipinski definition) is 0. The smallest absolute Gasteiger partial charge is 0.118 e. The summed E-state index contributed by atoms with van der Waals surface area (Å²) in [5, 5.41) is 0. The molecule has 2 atom stereocenters. The van der Waals surface area contributed by atoms with Crippen LogP contribution in [0.1, 0.15) is 11.7 Å². The Morgan fingerprint density at radius 3 is 2.54 bits per heavy atom. The molecule has 1 aliphatic heterocycles. The van der Waals surface area contributed by atoms with Gasteiger partial charge in [-0.3, -0.25) is 0 Å². The first kappa shape index (κ1) is 8.32. The summed E-state index contributed by atoms with van der Waals surface area (Å²) in [6.45, 7) is 3.68. The van der Waals surface area contributed by atoms with E-state index in [1.54, 1.807) is 7.11 Å². The normalized spacial score (nSPS) is 25.3. The zero-order valence-corrected chi connectivity index (χ0v) is 7.57. The quantitative estimate of drug-likeness (QED) is 0.520. The fourth-order valence-electron chi connectivity index (χ4n) is 1.36. The van der Waals surface area contributed by atoms with Gasteiger partial charge in [0.05, 0.1) is 7.11 Å². The summed E-state index contributed by atoms with van der Waals surface area (Å²) in [5.41, 5.74) is 1.19. The molecule has 2 rings (SSSR count). The maximum Gasteiger partial charge on any atom is 0.118 e. The molecule has 1 aliphatic rings. The topological polar surface area (TPSA) is 21.8 Å². The summed E-state index contributed by atoms with van der Waals surface area (Å²) in [6.07, 6.45) is 2.24. The summed E-state index contributed by atoms with van der Waals surface area (Å²) in [5.74, 6) is 0.875. The van der Waals surface area contributed by atoms with Crippen molar-refractivity contribution in [1.29, 1.82) is 0 Å². The van der Waals surface area contributed by atoms with Crippen LogP contribution in [0.15, 0.2) is 36.9 Å². The van der Waals surface area contributed by atoms with Crippen LogP contribution in [0, 0.1) is 0 Å². The highest BCUT2D eigenvalue weighted by atomic mass is 16.6. The lowest BCUT2D eigenvalue weighted by Crippen LogP contribution is -1.86. The Balaban J connectivity index is 2.11. The molecule has 2 heteroatoms. The Morgan fingerprint density at radius 1 is 1.38 bits per heavy atom. The number of benzene rings is 1. The Labute approximate surface area is 77.8 Å². The summed E-state index contributed by atoms with van der Waals surface area (Å²) in [4.78, 5) is 0. The molecule has 0 bridgehead atoms. The number of hydrogen-bond acceptors (Lipinski definition) is 2. The van der Waals surface area contributed by atoms with Gasteiger partial charge in [-0.2, -0.15) is 0 Å². The van der Waals surface area contributed by atoms with Crippen molar-refractivity contribution in [1.82, 2.24) is 0 Å². The Hall–Kier alpha value is -1.28. The predicted molar refractivity (Wildman–Crippen MR) is 50.8 cm³/mol. The lowest BCUT2D eigenvalue weighted by molar-refractivity contribution is 0.393. The largest absolute Gasteiger partial charge is 0.497 e. The molecule has 0 spiro atoms. The molecule has 13 heavy (non-hydrogen) atoms. The first-order chi connectivity index (χ1) is 6.35. The molecule has 0 amide bonds. The number of ether oxygens (including phenoxy) is 2. The van der Waals surface area contributed by atoms with E-state index in [0.29, 0.717) is 0 Å². The summed E-state index contributed by atoms with van der Waals surface area (Å²) >= 11 is 0. The van der Waals surface area contributed by atoms with Crippen LogP contribution in [-0.4, -0.2) is 13.2 Å². The van der Waals surface area contributed by atoms with Crippen molar-refractivity contribution in [2.24, 2.45) is 0 Å². The minimum atomic E-state index is 0.202. The summed E-state index contributed by atoms with van der Waals surface area (Å²) in [6, 6.07) is 7.92. The second-order valence-electron chi connectivity index (χ2n) is 3.03. The maximum atomic E-state index is 5.37. The molecule has 1 aromatic carbocycles. The van der Waals surface area contributed by atoms with Gasteiger partial charge in [-0.15, -0.1) is 6.58 Å². The molecule has 0 aromatic heterocycles. The Bertz CT molecular complexity index is 302. The molecule has 2 nitrogen and oxygen atoms in total. The number of rotatable bonds is 3. The zero-order valence-electron chi connectivity index (χ0n) is 7.57. The van der Waals surface area contributed by atoms with Gasteiger partial charge in [0.2, 0.25) is 0 Å². The van der Waals surface area contributed by atoms with Crippen LogP contribution in [0.4, 0.5) is 0 Å². The average molecular weight is 176 g/mol. The van der Waals surface area contributed by atoms with Gasteiger partial charge in [0, 0.05) is 0 Å². The van der Waals surface area contributed by atoms with Crippen molar-refractivity contribution in [3.8, 4) is 5.75 Å². The fourth-order valence-corrected chi connectivity index (χ4v) is 1.36. The van der Waals surface area contributed by atoms with Crippen LogP contribution in [0.3, 0.4) is 0 Å². The first-order valence-electron chi connectivity index (χ1n) is 4.27. The molecule has 0 N–H and O–H groups in total. The van der Waals surface area contributed by atoms with Crippen LogP contribution in [0.5, 0.6) is 5.75 Å². The van der Waals surface area contributed by atoms with Gasteiger partial charge in [-0.05, 0) is 17.7 Å². The first-order valence-corrected chi connectivity index (χ1v) is 4.27. The van der Waals surface area contributed by atoms with E-state index in [-0.39, 0.29) is 12.2 Å². The molecule has 0 aliphatic carbocycles. The lowest BCUT2D eigenvalue weighted by atomic mass is 10.1. The Kier molecular flexibility index (Phi) is 2.07. The molecular formula is C11H12O2. The summed E-state index contributed by atoms with van der Waals surface area (Å²) in [7, 11) is 1.66. The predicted octanol–water partition coefficient (Wildman–Crippen LogP) is 2.32. The standard InChI is InChI=1S/C11H12O2/c1-3-10-11(13-10)8-4-6-9(12-2)7-5-8/h3-7,10-11H,1H2,2H3. The van der Waals surface area contributed by atoms with E-state index in [9.17, 15) is 0 Å². The van der Waals surface area contributed by atoms with Crippen LogP contribution < -0.4 is 4.74 Å². The second-order valence-corrected chi connectivity index (χ2v) is 3.03. The van der Waals surface area contributed by atoms with Crippen molar-refractivity contribution in [2.75, 3.05) is 7.11 Å². The fraction of sp³-hybridized carbons (Fsp3) is 0.273. The van der Waals surface area contributed by atoms with Crippen molar-refractivity contribution >= 4 is 0 Å². The van der Waals surface area contributed by atoms with E-state index in [4.69, 9.17) is 9.47 Å². The number of epoxide rings is 1. The monoisotopic (exact) mass is 176 g/mol. The minimum Gasteiger partial charge on any atom is -0.497 e.